The van der Waals surface area contributed by atoms with Crippen LogP contribution in [0.25, 0.3) is 10.8 Å². The molecular formula is C23H31N3O2. The first-order chi connectivity index (χ1) is 13.8. The first kappa shape index (κ1) is 20.2. The molecule has 0 atom stereocenters. The Morgan fingerprint density at radius 1 is 1.14 bits per heavy atom. The highest BCUT2D eigenvalue weighted by atomic mass is 16.5. The number of fused-ring (bicyclic) bond motifs is 1. The van der Waals surface area contributed by atoms with E-state index in [-0.39, 0.29) is 0 Å². The van der Waals surface area contributed by atoms with Crippen LogP contribution in [0.5, 0.6) is 5.75 Å². The molecule has 0 radical (unpaired) electrons. The number of nitrogens with one attached hydrogen (secondary N) is 2. The molecule has 1 aliphatic heterocycles. The van der Waals surface area contributed by atoms with Gasteiger partial charge in [0.05, 0.1) is 19.8 Å². The predicted octanol–water partition coefficient (Wildman–Crippen LogP) is 3.90. The van der Waals surface area contributed by atoms with E-state index < -0.39 is 0 Å². The Morgan fingerprint density at radius 3 is 2.86 bits per heavy atom. The molecule has 0 aliphatic carbocycles. The van der Waals surface area contributed by atoms with Crippen LogP contribution in [0.4, 0.5) is 0 Å². The van der Waals surface area contributed by atoms with Crippen molar-refractivity contribution >= 4 is 16.7 Å². The number of ether oxygens (including phenoxy) is 2. The molecule has 5 heteroatoms. The minimum atomic E-state index is 0.661. The average molecular weight is 382 g/mol. The van der Waals surface area contributed by atoms with Gasteiger partial charge in [-0.2, -0.15) is 0 Å². The third-order valence-corrected chi connectivity index (χ3v) is 4.70. The fraction of sp³-hybridized carbons (Fsp3) is 0.435. The van der Waals surface area contributed by atoms with Crippen molar-refractivity contribution in [1.82, 2.24) is 10.6 Å². The molecule has 2 N–H and O–H groups in total. The molecule has 0 unspecified atom stereocenters. The summed E-state index contributed by atoms with van der Waals surface area (Å²) >= 11 is 0. The fourth-order valence-corrected chi connectivity index (χ4v) is 3.18. The second-order valence-electron chi connectivity index (χ2n) is 6.84. The van der Waals surface area contributed by atoms with Gasteiger partial charge in [0.15, 0.2) is 5.96 Å². The standard InChI is InChI=1S/C23H31N3O2/c1-2-24-23(26-14-10-19-11-16-27-17-12-19)25-13-5-15-28-22-9-8-20-6-3-4-7-21(20)18-22/h3-4,6-9,11,18H,2,5,10,12-17H2,1H3,(H2,24,25,26). The number of hydrogen-bond acceptors (Lipinski definition) is 3. The van der Waals surface area contributed by atoms with Crippen LogP contribution in [0.1, 0.15) is 26.2 Å². The number of nitrogens with zero attached hydrogens (tertiary/aromatic N) is 1. The fourth-order valence-electron chi connectivity index (χ4n) is 3.18. The monoisotopic (exact) mass is 381 g/mol. The lowest BCUT2D eigenvalue weighted by atomic mass is 10.1. The molecule has 0 aromatic heterocycles. The Balaban J connectivity index is 1.38. The first-order valence-electron chi connectivity index (χ1n) is 10.2. The molecule has 0 bridgehead atoms. The lowest BCUT2D eigenvalue weighted by Crippen LogP contribution is -2.38. The summed E-state index contributed by atoms with van der Waals surface area (Å²) in [6.45, 7) is 6.83. The van der Waals surface area contributed by atoms with E-state index in [9.17, 15) is 0 Å². The highest BCUT2D eigenvalue weighted by Crippen LogP contribution is 2.20. The smallest absolute Gasteiger partial charge is 0.191 e. The quantitative estimate of drug-likeness (QED) is 0.299. The predicted molar refractivity (Wildman–Crippen MR) is 116 cm³/mol. The summed E-state index contributed by atoms with van der Waals surface area (Å²) in [6, 6.07) is 14.5. The molecule has 3 rings (SSSR count). The van der Waals surface area contributed by atoms with Crippen LogP contribution in [-0.4, -0.2) is 45.4 Å². The Morgan fingerprint density at radius 2 is 2.04 bits per heavy atom. The zero-order valence-corrected chi connectivity index (χ0v) is 16.7. The van der Waals surface area contributed by atoms with Crippen LogP contribution in [0, 0.1) is 0 Å². The maximum Gasteiger partial charge on any atom is 0.191 e. The van der Waals surface area contributed by atoms with E-state index in [4.69, 9.17) is 9.47 Å². The van der Waals surface area contributed by atoms with E-state index in [1.165, 1.54) is 16.3 Å². The van der Waals surface area contributed by atoms with Crippen LogP contribution in [-0.2, 0) is 4.74 Å². The number of benzene rings is 2. The Bertz CT molecular complexity index is 801. The third kappa shape index (κ3) is 6.57. The highest BCUT2D eigenvalue weighted by Gasteiger charge is 2.04. The molecule has 0 amide bonds. The van der Waals surface area contributed by atoms with Gasteiger partial charge in [0.1, 0.15) is 5.75 Å². The van der Waals surface area contributed by atoms with Gasteiger partial charge in [0.2, 0.25) is 0 Å². The summed E-state index contributed by atoms with van der Waals surface area (Å²) in [5.74, 6) is 1.79. The topological polar surface area (TPSA) is 54.9 Å². The van der Waals surface area contributed by atoms with Gasteiger partial charge in [-0.15, -0.1) is 0 Å². The van der Waals surface area contributed by atoms with E-state index in [1.54, 1.807) is 0 Å². The molecule has 0 saturated heterocycles. The summed E-state index contributed by atoms with van der Waals surface area (Å²) in [4.78, 5) is 4.65. The minimum Gasteiger partial charge on any atom is -0.494 e. The Kier molecular flexibility index (Phi) is 8.19. The number of guanidine groups is 1. The Labute approximate surface area is 167 Å². The van der Waals surface area contributed by atoms with Crippen molar-refractivity contribution in [2.45, 2.75) is 26.2 Å². The zero-order chi connectivity index (χ0) is 19.4. The second-order valence-corrected chi connectivity index (χ2v) is 6.84. The molecular weight excluding hydrogens is 350 g/mol. The maximum absolute atomic E-state index is 5.89. The Hall–Kier alpha value is -2.53. The molecule has 28 heavy (non-hydrogen) atoms. The van der Waals surface area contributed by atoms with E-state index in [0.29, 0.717) is 6.61 Å². The van der Waals surface area contributed by atoms with E-state index in [1.807, 2.05) is 6.07 Å². The normalized spacial score (nSPS) is 14.6. The molecule has 2 aromatic rings. The van der Waals surface area contributed by atoms with Gasteiger partial charge < -0.3 is 20.1 Å². The molecule has 0 fully saturated rings. The maximum atomic E-state index is 5.89. The lowest BCUT2D eigenvalue weighted by molar-refractivity contribution is 0.153. The van der Waals surface area contributed by atoms with E-state index in [0.717, 1.165) is 63.8 Å². The zero-order valence-electron chi connectivity index (χ0n) is 16.7. The van der Waals surface area contributed by atoms with Gasteiger partial charge in [-0.05, 0) is 42.7 Å². The molecule has 0 spiro atoms. The van der Waals surface area contributed by atoms with Crippen molar-refractivity contribution in [2.24, 2.45) is 4.99 Å². The van der Waals surface area contributed by atoms with Crippen LogP contribution < -0.4 is 15.4 Å². The van der Waals surface area contributed by atoms with Crippen LogP contribution >= 0.6 is 0 Å². The molecule has 2 aromatic carbocycles. The minimum absolute atomic E-state index is 0.661. The van der Waals surface area contributed by atoms with Gasteiger partial charge >= 0.3 is 0 Å². The average Bonchev–Trinajstić information content (AvgIpc) is 2.74. The van der Waals surface area contributed by atoms with Crippen LogP contribution in [0.3, 0.4) is 0 Å². The van der Waals surface area contributed by atoms with Gasteiger partial charge in [-0.3, -0.25) is 4.99 Å². The molecule has 5 nitrogen and oxygen atoms in total. The summed E-state index contributed by atoms with van der Waals surface area (Å²) < 4.78 is 11.2. The van der Waals surface area contributed by atoms with Crippen molar-refractivity contribution in [3.8, 4) is 5.75 Å². The van der Waals surface area contributed by atoms with Gasteiger partial charge in [0, 0.05) is 26.1 Å². The summed E-state index contributed by atoms with van der Waals surface area (Å²) in [6.07, 6.45) is 5.16. The van der Waals surface area contributed by atoms with Crippen LogP contribution in [0.2, 0.25) is 0 Å². The molecule has 0 saturated carbocycles. The van der Waals surface area contributed by atoms with E-state index >= 15 is 0 Å². The number of hydrogen-bond donors (Lipinski definition) is 2. The third-order valence-electron chi connectivity index (χ3n) is 4.70. The molecule has 1 heterocycles. The van der Waals surface area contributed by atoms with Crippen molar-refractivity contribution in [3.63, 3.8) is 0 Å². The second kappa shape index (κ2) is 11.3. The molecule has 1 aliphatic rings. The highest BCUT2D eigenvalue weighted by molar-refractivity contribution is 5.83. The SMILES string of the molecule is CCNC(=NCCCOc1ccc2ccccc2c1)NCCC1=CCOCC1. The summed E-state index contributed by atoms with van der Waals surface area (Å²) in [5, 5.41) is 9.15. The largest absolute Gasteiger partial charge is 0.494 e. The van der Waals surface area contributed by atoms with E-state index in [2.05, 4.69) is 65.0 Å². The van der Waals surface area contributed by atoms with Crippen molar-refractivity contribution < 1.29 is 9.47 Å². The van der Waals surface area contributed by atoms with Gasteiger partial charge in [0.25, 0.3) is 0 Å². The van der Waals surface area contributed by atoms with Crippen molar-refractivity contribution in [1.29, 1.82) is 0 Å². The van der Waals surface area contributed by atoms with Crippen molar-refractivity contribution in [2.75, 3.05) is 39.5 Å². The van der Waals surface area contributed by atoms with Crippen molar-refractivity contribution in [3.05, 3.63) is 54.1 Å². The first-order valence-corrected chi connectivity index (χ1v) is 10.2. The van der Waals surface area contributed by atoms with Gasteiger partial charge in [-0.1, -0.05) is 42.0 Å². The summed E-state index contributed by atoms with van der Waals surface area (Å²) in [5.41, 5.74) is 1.47. The molecule has 150 valence electrons. The van der Waals surface area contributed by atoms with Crippen LogP contribution in [0.15, 0.2) is 59.1 Å². The lowest BCUT2D eigenvalue weighted by Gasteiger charge is -2.15. The number of rotatable bonds is 9. The number of aliphatic imine (C=N–C) groups is 1. The summed E-state index contributed by atoms with van der Waals surface area (Å²) in [7, 11) is 0. The van der Waals surface area contributed by atoms with Gasteiger partial charge in [-0.25, -0.2) is 0 Å².